The zero-order chi connectivity index (χ0) is 16.6. The molecule has 1 N–H and O–H groups in total. The molecule has 3 aromatic rings. The summed E-state index contributed by atoms with van der Waals surface area (Å²) in [5.74, 6) is -1.20. The maximum Gasteiger partial charge on any atom is 0.341 e. The summed E-state index contributed by atoms with van der Waals surface area (Å²) in [4.78, 5) is 23.7. The summed E-state index contributed by atoms with van der Waals surface area (Å²) in [5, 5.41) is 9.73. The molecule has 3 rings (SSSR count). The van der Waals surface area contributed by atoms with Crippen molar-refractivity contribution in [3.05, 3.63) is 81.1 Å². The number of hydrogen-bond donors (Lipinski definition) is 1. The van der Waals surface area contributed by atoms with Gasteiger partial charge in [-0.1, -0.05) is 35.9 Å². The summed E-state index contributed by atoms with van der Waals surface area (Å²) in [6.07, 6.45) is 1.44. The minimum atomic E-state index is -1.20. The Bertz CT molecular complexity index is 970. The molecule has 116 valence electrons. The number of hydrogen-bond acceptors (Lipinski definition) is 2. The first-order valence-corrected chi connectivity index (χ1v) is 7.39. The second-order valence-corrected chi connectivity index (χ2v) is 5.75. The molecule has 0 bridgehead atoms. The predicted molar refractivity (Wildman–Crippen MR) is 90.2 cm³/mol. The predicted octanol–water partition coefficient (Wildman–Crippen LogP) is 3.36. The van der Waals surface area contributed by atoms with Gasteiger partial charge in [-0.25, -0.2) is 4.79 Å². The summed E-state index contributed by atoms with van der Waals surface area (Å²) in [5.41, 5.74) is 3.49. The number of carbonyl (C=O) groups is 1. The number of aryl methyl sites for hydroxylation is 2. The molecule has 0 unspecified atom stereocenters. The van der Waals surface area contributed by atoms with Crippen molar-refractivity contribution < 1.29 is 9.90 Å². The van der Waals surface area contributed by atoms with E-state index in [0.29, 0.717) is 11.9 Å². The third kappa shape index (κ3) is 2.75. The van der Waals surface area contributed by atoms with Gasteiger partial charge in [-0.3, -0.25) is 4.79 Å². The SMILES string of the molecule is Cc1ccc(C)c(Cn2cc(C(=O)O)c(=O)c3ccccc32)c1. The molecule has 0 aliphatic carbocycles. The second kappa shape index (κ2) is 5.72. The van der Waals surface area contributed by atoms with Gasteiger partial charge in [0.25, 0.3) is 0 Å². The van der Waals surface area contributed by atoms with Crippen molar-refractivity contribution in [3.63, 3.8) is 0 Å². The van der Waals surface area contributed by atoms with Crippen LogP contribution in [0.3, 0.4) is 0 Å². The lowest BCUT2D eigenvalue weighted by Gasteiger charge is -2.14. The topological polar surface area (TPSA) is 59.3 Å². The highest BCUT2D eigenvalue weighted by atomic mass is 16.4. The van der Waals surface area contributed by atoms with Crippen LogP contribution in [0, 0.1) is 13.8 Å². The Morgan fingerprint density at radius 3 is 2.61 bits per heavy atom. The highest BCUT2D eigenvalue weighted by Crippen LogP contribution is 2.17. The van der Waals surface area contributed by atoms with E-state index >= 15 is 0 Å². The van der Waals surface area contributed by atoms with Gasteiger partial charge >= 0.3 is 5.97 Å². The molecule has 1 aromatic heterocycles. The standard InChI is InChI=1S/C19H17NO3/c1-12-7-8-13(2)14(9-12)10-20-11-16(19(22)23)18(21)15-5-3-4-6-17(15)20/h3-9,11H,10H2,1-2H3,(H,22,23). The summed E-state index contributed by atoms with van der Waals surface area (Å²) < 4.78 is 1.84. The average molecular weight is 307 g/mol. The largest absolute Gasteiger partial charge is 0.477 e. The van der Waals surface area contributed by atoms with Gasteiger partial charge in [0, 0.05) is 18.1 Å². The molecule has 0 aliphatic heterocycles. The van der Waals surface area contributed by atoms with E-state index in [2.05, 4.69) is 6.07 Å². The van der Waals surface area contributed by atoms with Crippen LogP contribution in [-0.2, 0) is 6.54 Å². The van der Waals surface area contributed by atoms with Gasteiger partial charge in [0.05, 0.1) is 5.52 Å². The molecule has 0 aliphatic rings. The number of carboxylic acid groups (broad SMARTS) is 1. The highest BCUT2D eigenvalue weighted by molar-refractivity contribution is 5.92. The summed E-state index contributed by atoms with van der Waals surface area (Å²) >= 11 is 0. The number of aromatic nitrogens is 1. The van der Waals surface area contributed by atoms with Gasteiger partial charge in [-0.2, -0.15) is 0 Å². The van der Waals surface area contributed by atoms with Crippen LogP contribution in [0.2, 0.25) is 0 Å². The molecule has 4 nitrogen and oxygen atoms in total. The van der Waals surface area contributed by atoms with Crippen LogP contribution in [0.4, 0.5) is 0 Å². The lowest BCUT2D eigenvalue weighted by molar-refractivity contribution is 0.0695. The fourth-order valence-corrected chi connectivity index (χ4v) is 2.78. The number of benzene rings is 2. The van der Waals surface area contributed by atoms with Crippen molar-refractivity contribution in [2.24, 2.45) is 0 Å². The van der Waals surface area contributed by atoms with Crippen molar-refractivity contribution in [1.82, 2.24) is 4.57 Å². The molecule has 0 radical (unpaired) electrons. The molecule has 23 heavy (non-hydrogen) atoms. The monoisotopic (exact) mass is 307 g/mol. The van der Waals surface area contributed by atoms with Crippen LogP contribution in [-0.4, -0.2) is 15.6 Å². The summed E-state index contributed by atoms with van der Waals surface area (Å²) in [6.45, 7) is 4.57. The number of pyridine rings is 1. The van der Waals surface area contributed by atoms with E-state index in [1.165, 1.54) is 6.20 Å². The Balaban J connectivity index is 2.24. The third-order valence-electron chi connectivity index (χ3n) is 4.06. The maximum absolute atomic E-state index is 12.3. The third-order valence-corrected chi connectivity index (χ3v) is 4.06. The molecule has 0 fully saturated rings. The van der Waals surface area contributed by atoms with Crippen LogP contribution in [0.1, 0.15) is 27.0 Å². The first-order chi connectivity index (χ1) is 11.0. The molecule has 0 saturated heterocycles. The zero-order valence-corrected chi connectivity index (χ0v) is 13.0. The summed E-state index contributed by atoms with van der Waals surface area (Å²) in [6, 6.07) is 13.3. The first kappa shape index (κ1) is 15.0. The van der Waals surface area contributed by atoms with Crippen molar-refractivity contribution in [3.8, 4) is 0 Å². The Kier molecular flexibility index (Phi) is 3.74. The van der Waals surface area contributed by atoms with Crippen molar-refractivity contribution in [1.29, 1.82) is 0 Å². The van der Waals surface area contributed by atoms with Gasteiger partial charge in [0.2, 0.25) is 5.43 Å². The number of carboxylic acids is 1. The molecule has 0 atom stereocenters. The van der Waals surface area contributed by atoms with E-state index in [1.807, 2.05) is 42.7 Å². The molecular weight excluding hydrogens is 290 g/mol. The molecule has 1 heterocycles. The number of rotatable bonds is 3. The molecular formula is C19H17NO3. The van der Waals surface area contributed by atoms with E-state index in [4.69, 9.17) is 0 Å². The van der Waals surface area contributed by atoms with Crippen molar-refractivity contribution >= 4 is 16.9 Å². The molecule has 0 spiro atoms. The Labute approximate surface area is 133 Å². The lowest BCUT2D eigenvalue weighted by atomic mass is 10.0. The van der Waals surface area contributed by atoms with E-state index in [1.54, 1.807) is 12.1 Å². The molecule has 4 heteroatoms. The van der Waals surface area contributed by atoms with Gasteiger partial charge in [-0.15, -0.1) is 0 Å². The Hall–Kier alpha value is -2.88. The smallest absolute Gasteiger partial charge is 0.341 e. The summed E-state index contributed by atoms with van der Waals surface area (Å²) in [7, 11) is 0. The number of para-hydroxylation sites is 1. The Morgan fingerprint density at radius 1 is 1.13 bits per heavy atom. The van der Waals surface area contributed by atoms with Gasteiger partial charge < -0.3 is 9.67 Å². The van der Waals surface area contributed by atoms with E-state index in [0.717, 1.165) is 22.2 Å². The Morgan fingerprint density at radius 2 is 1.87 bits per heavy atom. The number of aromatic carboxylic acids is 1. The first-order valence-electron chi connectivity index (χ1n) is 7.39. The lowest BCUT2D eigenvalue weighted by Crippen LogP contribution is -2.19. The number of nitrogens with zero attached hydrogens (tertiary/aromatic N) is 1. The normalized spacial score (nSPS) is 10.9. The maximum atomic E-state index is 12.3. The van der Waals surface area contributed by atoms with Gasteiger partial charge in [0.15, 0.2) is 0 Å². The van der Waals surface area contributed by atoms with Crippen molar-refractivity contribution in [2.75, 3.05) is 0 Å². The minimum absolute atomic E-state index is 0.200. The van der Waals surface area contributed by atoms with Crippen LogP contribution >= 0.6 is 0 Å². The molecule has 0 saturated carbocycles. The van der Waals surface area contributed by atoms with E-state index < -0.39 is 11.4 Å². The van der Waals surface area contributed by atoms with Crippen LogP contribution in [0.25, 0.3) is 10.9 Å². The van der Waals surface area contributed by atoms with Crippen LogP contribution in [0.5, 0.6) is 0 Å². The minimum Gasteiger partial charge on any atom is -0.477 e. The van der Waals surface area contributed by atoms with E-state index in [9.17, 15) is 14.7 Å². The molecule has 0 amide bonds. The fraction of sp³-hybridized carbons (Fsp3) is 0.158. The second-order valence-electron chi connectivity index (χ2n) is 5.75. The van der Waals surface area contributed by atoms with Gasteiger partial charge in [-0.05, 0) is 37.1 Å². The quantitative estimate of drug-likeness (QED) is 0.807. The van der Waals surface area contributed by atoms with Gasteiger partial charge in [0.1, 0.15) is 5.56 Å². The fourth-order valence-electron chi connectivity index (χ4n) is 2.78. The zero-order valence-electron chi connectivity index (χ0n) is 13.0. The van der Waals surface area contributed by atoms with E-state index in [-0.39, 0.29) is 5.56 Å². The van der Waals surface area contributed by atoms with Crippen molar-refractivity contribution in [2.45, 2.75) is 20.4 Å². The van der Waals surface area contributed by atoms with Crippen LogP contribution in [0.15, 0.2) is 53.5 Å². The number of fused-ring (bicyclic) bond motifs is 1. The average Bonchev–Trinajstić information content (AvgIpc) is 2.53. The molecule has 2 aromatic carbocycles. The highest BCUT2D eigenvalue weighted by Gasteiger charge is 2.14. The van der Waals surface area contributed by atoms with Crippen LogP contribution < -0.4 is 5.43 Å².